The van der Waals surface area contributed by atoms with Crippen LogP contribution in [0, 0.1) is 13.8 Å². The molecule has 7 nitrogen and oxygen atoms in total. The molecule has 1 heterocycles. The molecule has 8 heteroatoms. The summed E-state index contributed by atoms with van der Waals surface area (Å²) in [6.45, 7) is 6.84. The summed E-state index contributed by atoms with van der Waals surface area (Å²) >= 11 is 0. The maximum absolute atomic E-state index is 12.6. The Labute approximate surface area is 169 Å². The van der Waals surface area contributed by atoms with Crippen LogP contribution in [0.3, 0.4) is 0 Å². The fourth-order valence-electron chi connectivity index (χ4n) is 2.93. The minimum absolute atomic E-state index is 0.0817. The van der Waals surface area contributed by atoms with Crippen molar-refractivity contribution in [2.24, 2.45) is 4.99 Å². The van der Waals surface area contributed by atoms with E-state index in [0.717, 1.165) is 11.1 Å². The zero-order valence-electron chi connectivity index (χ0n) is 16.6. The third kappa shape index (κ3) is 4.22. The Balaban J connectivity index is 1.73. The number of ether oxygens (including phenoxy) is 1. The molecular weight excluding hydrogens is 392 g/mol. The van der Waals surface area contributed by atoms with Crippen molar-refractivity contribution in [2.45, 2.75) is 44.7 Å². The van der Waals surface area contributed by atoms with Gasteiger partial charge in [-0.05, 0) is 57.0 Å². The normalized spacial score (nSPS) is 17.9. The molecule has 1 aliphatic rings. The van der Waals surface area contributed by atoms with Gasteiger partial charge in [-0.25, -0.2) is 13.2 Å². The smallest absolute Gasteiger partial charge is 0.331 e. The van der Waals surface area contributed by atoms with Gasteiger partial charge in [0.05, 0.1) is 4.90 Å². The number of hydrogen-bond donors (Lipinski definition) is 1. The predicted octanol–water partition coefficient (Wildman–Crippen LogP) is 2.55. The number of amidine groups is 1. The average molecular weight is 414 g/mol. The number of Topliss-reactive ketones (excluding diaryl/α,β-unsaturated/α-hetero) is 1. The van der Waals surface area contributed by atoms with Crippen LogP contribution in [0.15, 0.2) is 52.4 Å². The topological polar surface area (TPSA) is 102 Å². The van der Waals surface area contributed by atoms with Crippen molar-refractivity contribution in [1.29, 1.82) is 0 Å². The lowest BCUT2D eigenvalue weighted by Crippen LogP contribution is -2.31. The molecule has 0 aromatic heterocycles. The fourth-order valence-corrected chi connectivity index (χ4v) is 4.17. The lowest BCUT2D eigenvalue weighted by molar-refractivity contribution is -0.147. The molecule has 1 aliphatic heterocycles. The second-order valence-electron chi connectivity index (χ2n) is 7.00. The van der Waals surface area contributed by atoms with E-state index in [9.17, 15) is 18.0 Å². The standard InChI is InChI=1S/C21H22N2O5S/c1-12-9-10-16(11-13(12)2)19(24)15(4)28-21(25)14(3)22-20-17-7-5-6-8-18(17)29(26,27)23-20/h5-11,14-15H,1-4H3,(H,22,23)/t14-,15-/m0/s1. The van der Waals surface area contributed by atoms with Gasteiger partial charge in [-0.15, -0.1) is 0 Å². The fraction of sp³-hybridized carbons (Fsp3) is 0.286. The van der Waals surface area contributed by atoms with Crippen LogP contribution >= 0.6 is 0 Å². The number of carbonyl (C=O) groups is 2. The van der Waals surface area contributed by atoms with E-state index in [1.165, 1.54) is 19.9 Å². The largest absolute Gasteiger partial charge is 0.453 e. The first-order chi connectivity index (χ1) is 13.6. The van der Waals surface area contributed by atoms with Gasteiger partial charge < -0.3 is 4.74 Å². The average Bonchev–Trinajstić information content (AvgIpc) is 2.93. The first kappa shape index (κ1) is 20.7. The van der Waals surface area contributed by atoms with Gasteiger partial charge in [0.1, 0.15) is 11.9 Å². The summed E-state index contributed by atoms with van der Waals surface area (Å²) < 4.78 is 31.9. The van der Waals surface area contributed by atoms with Crippen molar-refractivity contribution < 1.29 is 22.7 Å². The van der Waals surface area contributed by atoms with Gasteiger partial charge in [-0.1, -0.05) is 24.3 Å². The molecule has 0 saturated heterocycles. The lowest BCUT2D eigenvalue weighted by Gasteiger charge is -2.15. The number of fused-ring (bicyclic) bond motifs is 1. The van der Waals surface area contributed by atoms with E-state index in [1.807, 2.05) is 19.9 Å². The Hall–Kier alpha value is -3.00. The Morgan fingerprint density at radius 1 is 1.03 bits per heavy atom. The van der Waals surface area contributed by atoms with Crippen molar-refractivity contribution in [2.75, 3.05) is 0 Å². The molecule has 2 aromatic carbocycles. The van der Waals surface area contributed by atoms with E-state index in [1.54, 1.807) is 30.3 Å². The van der Waals surface area contributed by atoms with Crippen molar-refractivity contribution in [3.05, 3.63) is 64.7 Å². The molecule has 0 aliphatic carbocycles. The highest BCUT2D eigenvalue weighted by Crippen LogP contribution is 2.22. The van der Waals surface area contributed by atoms with Gasteiger partial charge in [0.15, 0.2) is 6.10 Å². The molecule has 0 spiro atoms. The van der Waals surface area contributed by atoms with Gasteiger partial charge in [0.2, 0.25) is 5.78 Å². The summed E-state index contributed by atoms with van der Waals surface area (Å²) in [5.74, 6) is -0.947. The third-order valence-electron chi connectivity index (χ3n) is 4.78. The summed E-state index contributed by atoms with van der Waals surface area (Å²) in [4.78, 5) is 29.2. The SMILES string of the molecule is Cc1ccc(C(=O)[C@H](C)OC(=O)[C@H](C)N=C2NS(=O)(=O)c3ccccc32)cc1C. The zero-order valence-corrected chi connectivity index (χ0v) is 17.4. The van der Waals surface area contributed by atoms with Crippen molar-refractivity contribution >= 4 is 27.6 Å². The molecule has 0 saturated carbocycles. The molecule has 0 bridgehead atoms. The number of rotatable bonds is 5. The summed E-state index contributed by atoms with van der Waals surface area (Å²) in [6, 6.07) is 10.7. The maximum atomic E-state index is 12.6. The number of esters is 1. The van der Waals surface area contributed by atoms with Crippen molar-refractivity contribution in [1.82, 2.24) is 4.72 Å². The summed E-state index contributed by atoms with van der Waals surface area (Å²) in [7, 11) is -3.69. The van der Waals surface area contributed by atoms with Gasteiger partial charge >= 0.3 is 5.97 Å². The molecule has 3 rings (SSSR count). The number of hydrogen-bond acceptors (Lipinski definition) is 6. The highest BCUT2D eigenvalue weighted by Gasteiger charge is 2.31. The number of sulfonamides is 1. The number of benzene rings is 2. The molecule has 0 amide bonds. The molecule has 152 valence electrons. The minimum atomic E-state index is -3.69. The summed E-state index contributed by atoms with van der Waals surface area (Å²) in [5.41, 5.74) is 2.90. The molecule has 0 radical (unpaired) electrons. The third-order valence-corrected chi connectivity index (χ3v) is 6.18. The summed E-state index contributed by atoms with van der Waals surface area (Å²) in [5, 5.41) is 0. The molecule has 2 aromatic rings. The van der Waals surface area contributed by atoms with E-state index in [-0.39, 0.29) is 16.5 Å². The van der Waals surface area contributed by atoms with Crippen LogP contribution < -0.4 is 4.72 Å². The zero-order chi connectivity index (χ0) is 21.3. The van der Waals surface area contributed by atoms with Crippen LogP contribution in [0.1, 0.15) is 40.9 Å². The highest BCUT2D eigenvalue weighted by molar-refractivity contribution is 7.90. The van der Waals surface area contributed by atoms with Crippen molar-refractivity contribution in [3.63, 3.8) is 0 Å². The molecule has 2 atom stereocenters. The van der Waals surface area contributed by atoms with Gasteiger partial charge in [-0.2, -0.15) is 0 Å². The van der Waals surface area contributed by atoms with E-state index in [0.29, 0.717) is 11.1 Å². The Kier molecular flexibility index (Phi) is 5.57. The van der Waals surface area contributed by atoms with Crippen LogP contribution in [0.2, 0.25) is 0 Å². The van der Waals surface area contributed by atoms with Gasteiger partial charge in [-0.3, -0.25) is 14.5 Å². The first-order valence-corrected chi connectivity index (χ1v) is 10.6. The maximum Gasteiger partial charge on any atom is 0.331 e. The second kappa shape index (κ2) is 7.79. The van der Waals surface area contributed by atoms with E-state index in [4.69, 9.17) is 4.74 Å². The Morgan fingerprint density at radius 2 is 1.72 bits per heavy atom. The van der Waals surface area contributed by atoms with Crippen LogP contribution in [0.4, 0.5) is 0 Å². The Morgan fingerprint density at radius 3 is 2.41 bits per heavy atom. The number of nitrogens with one attached hydrogen (secondary N) is 1. The second-order valence-corrected chi connectivity index (χ2v) is 8.65. The van der Waals surface area contributed by atoms with Gasteiger partial charge in [0, 0.05) is 11.1 Å². The summed E-state index contributed by atoms with van der Waals surface area (Å²) in [6.07, 6.45) is -0.986. The quantitative estimate of drug-likeness (QED) is 0.598. The molecule has 0 unspecified atom stereocenters. The van der Waals surface area contributed by atoms with E-state index < -0.39 is 28.1 Å². The van der Waals surface area contributed by atoms with Crippen LogP contribution in [0.5, 0.6) is 0 Å². The number of nitrogens with zero attached hydrogens (tertiary/aromatic N) is 1. The molecule has 1 N–H and O–H groups in total. The van der Waals surface area contributed by atoms with E-state index in [2.05, 4.69) is 9.71 Å². The molecular formula is C21H22N2O5S. The molecule has 0 fully saturated rings. The van der Waals surface area contributed by atoms with E-state index >= 15 is 0 Å². The van der Waals surface area contributed by atoms with Crippen LogP contribution in [0.25, 0.3) is 0 Å². The van der Waals surface area contributed by atoms with Gasteiger partial charge in [0.25, 0.3) is 10.0 Å². The first-order valence-electron chi connectivity index (χ1n) is 9.12. The van der Waals surface area contributed by atoms with Crippen LogP contribution in [-0.4, -0.2) is 38.2 Å². The Bertz CT molecular complexity index is 1120. The minimum Gasteiger partial charge on any atom is -0.453 e. The number of carbonyl (C=O) groups excluding carboxylic acids is 2. The highest BCUT2D eigenvalue weighted by atomic mass is 32.2. The predicted molar refractivity (Wildman–Crippen MR) is 109 cm³/mol. The molecule has 29 heavy (non-hydrogen) atoms. The monoisotopic (exact) mass is 414 g/mol. The number of ketones is 1. The number of aliphatic imine (C=N–C) groups is 1. The van der Waals surface area contributed by atoms with Crippen LogP contribution in [-0.2, 0) is 19.6 Å². The van der Waals surface area contributed by atoms with Crippen molar-refractivity contribution in [3.8, 4) is 0 Å². The lowest BCUT2D eigenvalue weighted by atomic mass is 10.0. The number of aryl methyl sites for hydroxylation is 2.